The zero-order valence-corrected chi connectivity index (χ0v) is 14.9. The number of carbonyl (C=O) groups excluding carboxylic acids is 3. The summed E-state index contributed by atoms with van der Waals surface area (Å²) in [7, 11) is 0. The van der Waals surface area contributed by atoms with Gasteiger partial charge in [-0.2, -0.15) is 0 Å². The fourth-order valence-corrected chi connectivity index (χ4v) is 3.53. The number of rotatable bonds is 4. The molecule has 0 saturated carbocycles. The van der Waals surface area contributed by atoms with Gasteiger partial charge in [-0.3, -0.25) is 14.9 Å². The molecule has 1 aromatic rings. The van der Waals surface area contributed by atoms with Gasteiger partial charge in [0.1, 0.15) is 5.54 Å². The zero-order valence-electron chi connectivity index (χ0n) is 14.9. The number of carbonyl (C=O) groups is 4. The summed E-state index contributed by atoms with van der Waals surface area (Å²) in [4.78, 5) is 48.3. The first-order chi connectivity index (χ1) is 12.8. The van der Waals surface area contributed by atoms with Crippen molar-refractivity contribution in [3.8, 4) is 0 Å². The minimum Gasteiger partial charge on any atom is -0.478 e. The zero-order chi connectivity index (χ0) is 19.6. The molecule has 3 N–H and O–H groups in total. The molecule has 0 bridgehead atoms. The van der Waals surface area contributed by atoms with Crippen molar-refractivity contribution >= 4 is 29.9 Å². The Morgan fingerprint density at radius 3 is 2.33 bits per heavy atom. The van der Waals surface area contributed by atoms with Crippen molar-refractivity contribution in [2.75, 3.05) is 13.1 Å². The summed E-state index contributed by atoms with van der Waals surface area (Å²) in [6.45, 7) is 2.73. The van der Waals surface area contributed by atoms with Crippen LogP contribution in [0.15, 0.2) is 30.3 Å². The van der Waals surface area contributed by atoms with Crippen molar-refractivity contribution in [2.24, 2.45) is 5.92 Å². The molecule has 1 aromatic carbocycles. The molecule has 2 aliphatic heterocycles. The molecule has 2 saturated heterocycles. The first kappa shape index (κ1) is 18.6. The van der Waals surface area contributed by atoms with Gasteiger partial charge in [0.25, 0.3) is 5.91 Å². The number of carboxylic acid groups (broad SMARTS) is 1. The van der Waals surface area contributed by atoms with Crippen LogP contribution in [0, 0.1) is 5.92 Å². The first-order valence-electron chi connectivity index (χ1n) is 8.73. The number of urea groups is 1. The topological polar surface area (TPSA) is 116 Å². The van der Waals surface area contributed by atoms with Crippen LogP contribution in [0.2, 0.25) is 0 Å². The average Bonchev–Trinajstić information content (AvgIpc) is 2.93. The molecule has 27 heavy (non-hydrogen) atoms. The van der Waals surface area contributed by atoms with E-state index in [1.54, 1.807) is 30.0 Å². The molecule has 8 nitrogen and oxygen atoms in total. The third-order valence-electron chi connectivity index (χ3n) is 5.27. The van der Waals surface area contributed by atoms with Crippen LogP contribution in [-0.2, 0) is 9.59 Å². The highest BCUT2D eigenvalue weighted by Gasteiger charge is 2.48. The maximum Gasteiger partial charge on any atom is 0.335 e. The summed E-state index contributed by atoms with van der Waals surface area (Å²) in [5.41, 5.74) is 0.00619. The highest BCUT2D eigenvalue weighted by molar-refractivity contribution is 6.07. The van der Waals surface area contributed by atoms with Crippen LogP contribution >= 0.6 is 0 Å². The normalized spacial score (nSPS) is 23.4. The predicted molar refractivity (Wildman–Crippen MR) is 96.8 cm³/mol. The first-order valence-corrected chi connectivity index (χ1v) is 8.73. The van der Waals surface area contributed by atoms with Crippen LogP contribution in [0.4, 0.5) is 4.79 Å². The fourth-order valence-electron chi connectivity index (χ4n) is 3.53. The van der Waals surface area contributed by atoms with Gasteiger partial charge in [0, 0.05) is 19.2 Å². The highest BCUT2D eigenvalue weighted by atomic mass is 16.4. The van der Waals surface area contributed by atoms with Crippen LogP contribution in [0.25, 0.3) is 6.08 Å². The Kier molecular flexibility index (Phi) is 4.98. The summed E-state index contributed by atoms with van der Waals surface area (Å²) in [6, 6.07) is 5.78. The van der Waals surface area contributed by atoms with Gasteiger partial charge < -0.3 is 15.3 Å². The predicted octanol–water partition coefficient (Wildman–Crippen LogP) is 1.23. The van der Waals surface area contributed by atoms with Gasteiger partial charge >= 0.3 is 12.0 Å². The number of benzene rings is 1. The van der Waals surface area contributed by atoms with Gasteiger partial charge in [-0.15, -0.1) is 0 Å². The Hall–Kier alpha value is -3.16. The van der Waals surface area contributed by atoms with E-state index in [0.29, 0.717) is 25.9 Å². The number of piperidine rings is 1. The van der Waals surface area contributed by atoms with Crippen LogP contribution in [0.3, 0.4) is 0 Å². The van der Waals surface area contributed by atoms with E-state index in [9.17, 15) is 19.2 Å². The molecule has 0 spiro atoms. The van der Waals surface area contributed by atoms with Gasteiger partial charge in [0.05, 0.1) is 5.56 Å². The van der Waals surface area contributed by atoms with Gasteiger partial charge in [0.15, 0.2) is 0 Å². The van der Waals surface area contributed by atoms with Crippen molar-refractivity contribution in [1.29, 1.82) is 0 Å². The Morgan fingerprint density at radius 1 is 1.19 bits per heavy atom. The fraction of sp³-hybridized carbons (Fsp3) is 0.368. The minimum atomic E-state index is -0.995. The number of aromatic carboxylic acids is 1. The van der Waals surface area contributed by atoms with Gasteiger partial charge in [-0.05, 0) is 49.5 Å². The van der Waals surface area contributed by atoms with E-state index in [1.165, 1.54) is 18.2 Å². The van der Waals surface area contributed by atoms with Crippen molar-refractivity contribution in [1.82, 2.24) is 15.5 Å². The summed E-state index contributed by atoms with van der Waals surface area (Å²) in [5.74, 6) is -1.48. The number of hydrogen-bond donors (Lipinski definition) is 3. The van der Waals surface area contributed by atoms with E-state index in [0.717, 1.165) is 5.56 Å². The molecular formula is C19H21N3O5. The van der Waals surface area contributed by atoms with E-state index in [4.69, 9.17) is 5.11 Å². The molecule has 2 fully saturated rings. The third-order valence-corrected chi connectivity index (χ3v) is 5.27. The minimum absolute atomic E-state index is 0.0273. The molecule has 0 aromatic heterocycles. The van der Waals surface area contributed by atoms with Crippen molar-refractivity contribution in [3.05, 3.63) is 41.5 Å². The molecule has 0 radical (unpaired) electrons. The second-order valence-corrected chi connectivity index (χ2v) is 6.97. The number of carboxylic acids is 1. The lowest BCUT2D eigenvalue weighted by molar-refractivity contribution is -0.129. The Bertz CT molecular complexity index is 809. The number of amides is 4. The van der Waals surface area contributed by atoms with Gasteiger partial charge in [-0.1, -0.05) is 12.1 Å². The maximum absolute atomic E-state index is 12.4. The number of nitrogens with one attached hydrogen (secondary N) is 2. The second kappa shape index (κ2) is 7.22. The summed E-state index contributed by atoms with van der Waals surface area (Å²) in [5, 5.41) is 13.9. The second-order valence-electron chi connectivity index (χ2n) is 6.97. The lowest BCUT2D eigenvalue weighted by Crippen LogP contribution is -2.54. The number of hydrogen-bond acceptors (Lipinski definition) is 4. The van der Waals surface area contributed by atoms with Crippen molar-refractivity contribution in [3.63, 3.8) is 0 Å². The van der Waals surface area contributed by atoms with Crippen LogP contribution in [0.1, 0.15) is 35.7 Å². The molecule has 2 heterocycles. The third kappa shape index (κ3) is 3.84. The number of imide groups is 1. The SMILES string of the molecule is CC1(C2CCN(C(=O)C=Cc3ccc(C(=O)O)cc3)CC2)NC(=O)NC1=O. The Labute approximate surface area is 156 Å². The van der Waals surface area contributed by atoms with Crippen molar-refractivity contribution in [2.45, 2.75) is 25.3 Å². The molecule has 142 valence electrons. The molecule has 8 heteroatoms. The van der Waals surface area contributed by atoms with Crippen LogP contribution < -0.4 is 10.6 Å². The van der Waals surface area contributed by atoms with E-state index in [1.807, 2.05) is 0 Å². The molecule has 1 atom stereocenters. The van der Waals surface area contributed by atoms with E-state index >= 15 is 0 Å². The molecule has 4 amide bonds. The highest BCUT2D eigenvalue weighted by Crippen LogP contribution is 2.30. The van der Waals surface area contributed by atoms with Crippen LogP contribution in [-0.4, -0.2) is 52.4 Å². The Morgan fingerprint density at radius 2 is 1.81 bits per heavy atom. The van der Waals surface area contributed by atoms with Crippen LogP contribution in [0.5, 0.6) is 0 Å². The number of likely N-dealkylation sites (tertiary alicyclic amines) is 1. The van der Waals surface area contributed by atoms with Crippen molar-refractivity contribution < 1.29 is 24.3 Å². The van der Waals surface area contributed by atoms with E-state index in [2.05, 4.69) is 10.6 Å². The lowest BCUT2D eigenvalue weighted by atomic mass is 9.79. The van der Waals surface area contributed by atoms with E-state index in [-0.39, 0.29) is 23.3 Å². The maximum atomic E-state index is 12.4. The van der Waals surface area contributed by atoms with E-state index < -0.39 is 17.5 Å². The smallest absolute Gasteiger partial charge is 0.335 e. The molecule has 2 aliphatic rings. The standard InChI is InChI=1S/C19H21N3O5/c1-19(17(26)20-18(27)21-19)14-8-10-22(11-9-14)15(23)7-4-12-2-5-13(6-3-12)16(24)25/h2-7,14H,8-11H2,1H3,(H,24,25)(H2,20,21,26,27). The molecule has 0 aliphatic carbocycles. The summed E-state index contributed by atoms with van der Waals surface area (Å²) in [6.07, 6.45) is 4.35. The summed E-state index contributed by atoms with van der Waals surface area (Å²) >= 11 is 0. The van der Waals surface area contributed by atoms with Gasteiger partial charge in [-0.25, -0.2) is 9.59 Å². The Balaban J connectivity index is 1.56. The molecule has 1 unspecified atom stereocenters. The van der Waals surface area contributed by atoms with Gasteiger partial charge in [0.2, 0.25) is 5.91 Å². The lowest BCUT2D eigenvalue weighted by Gasteiger charge is -2.38. The molecular weight excluding hydrogens is 350 g/mol. The monoisotopic (exact) mass is 371 g/mol. The number of nitrogens with zero attached hydrogens (tertiary/aromatic N) is 1. The quantitative estimate of drug-likeness (QED) is 0.544. The largest absolute Gasteiger partial charge is 0.478 e. The average molecular weight is 371 g/mol. The summed E-state index contributed by atoms with van der Waals surface area (Å²) < 4.78 is 0. The molecule has 3 rings (SSSR count).